The number of H-pyrrole nitrogens is 1. The van der Waals surface area contributed by atoms with Crippen molar-refractivity contribution in [3.63, 3.8) is 0 Å². The molecule has 1 aliphatic rings. The molecule has 0 aliphatic carbocycles. The average molecular weight is 410 g/mol. The van der Waals surface area contributed by atoms with Gasteiger partial charge in [-0.2, -0.15) is 5.10 Å². The Morgan fingerprint density at radius 1 is 1.20 bits per heavy atom. The summed E-state index contributed by atoms with van der Waals surface area (Å²) in [5, 5.41) is 10.8. The number of nitrogens with one attached hydrogen (secondary N) is 1. The lowest BCUT2D eigenvalue weighted by Crippen LogP contribution is -2.50. The number of aromatic nitrogens is 3. The van der Waals surface area contributed by atoms with Gasteiger partial charge in [-0.25, -0.2) is 0 Å². The predicted molar refractivity (Wildman–Crippen MR) is 93.4 cm³/mol. The van der Waals surface area contributed by atoms with E-state index in [4.69, 9.17) is 4.52 Å². The third-order valence-corrected chi connectivity index (χ3v) is 5.01. The minimum Gasteiger partial charge on any atom is -0.351 e. The summed E-state index contributed by atoms with van der Waals surface area (Å²) >= 11 is 3.46. The summed E-state index contributed by atoms with van der Waals surface area (Å²) in [7, 11) is 0. The predicted octanol–water partition coefficient (Wildman–Crippen LogP) is 2.19. The fourth-order valence-corrected chi connectivity index (χ4v) is 3.55. The molecule has 0 bridgehead atoms. The highest BCUT2D eigenvalue weighted by molar-refractivity contribution is 9.10. The second-order valence-corrected chi connectivity index (χ2v) is 7.16. The SMILES string of the molecule is Cc1cc(C(=O)N2CCN(C(=O)c3n[nH]c(C(C)C)c3Br)CC2)on1. The molecule has 0 unspecified atom stereocenters. The van der Waals surface area contributed by atoms with Crippen LogP contribution in [0.1, 0.15) is 52.2 Å². The number of halogens is 1. The minimum atomic E-state index is -0.198. The Kier molecular flexibility index (Phi) is 4.94. The molecule has 1 fully saturated rings. The van der Waals surface area contributed by atoms with Gasteiger partial charge in [-0.3, -0.25) is 14.7 Å². The summed E-state index contributed by atoms with van der Waals surface area (Å²) in [5.41, 5.74) is 1.95. The first kappa shape index (κ1) is 17.7. The molecule has 1 aliphatic heterocycles. The van der Waals surface area contributed by atoms with E-state index >= 15 is 0 Å². The quantitative estimate of drug-likeness (QED) is 0.837. The molecule has 0 aromatic carbocycles. The standard InChI is InChI=1S/C16H20BrN5O3/c1-9(2)13-12(17)14(19-18-13)16(24)22-6-4-21(5-7-22)15(23)11-8-10(3)20-25-11/h8-9H,4-7H2,1-3H3,(H,18,19). The lowest BCUT2D eigenvalue weighted by atomic mass is 10.1. The van der Waals surface area contributed by atoms with E-state index in [1.807, 2.05) is 13.8 Å². The van der Waals surface area contributed by atoms with E-state index in [9.17, 15) is 9.59 Å². The number of aryl methyl sites for hydroxylation is 1. The molecule has 3 rings (SSSR count). The Hall–Kier alpha value is -2.16. The highest BCUT2D eigenvalue weighted by Gasteiger charge is 2.29. The van der Waals surface area contributed by atoms with Gasteiger partial charge in [-0.1, -0.05) is 19.0 Å². The van der Waals surface area contributed by atoms with Gasteiger partial charge in [0.1, 0.15) is 0 Å². The van der Waals surface area contributed by atoms with Gasteiger partial charge in [-0.15, -0.1) is 0 Å². The smallest absolute Gasteiger partial charge is 0.292 e. The summed E-state index contributed by atoms with van der Waals surface area (Å²) in [6, 6.07) is 1.62. The zero-order valence-corrected chi connectivity index (χ0v) is 16.0. The number of piperazine rings is 1. The largest absolute Gasteiger partial charge is 0.351 e. The van der Waals surface area contributed by atoms with Crippen LogP contribution in [-0.4, -0.2) is 63.1 Å². The maximum atomic E-state index is 12.7. The maximum Gasteiger partial charge on any atom is 0.292 e. The number of rotatable bonds is 3. The van der Waals surface area contributed by atoms with Crippen LogP contribution in [0.25, 0.3) is 0 Å². The Morgan fingerprint density at radius 3 is 2.28 bits per heavy atom. The van der Waals surface area contributed by atoms with Gasteiger partial charge in [0, 0.05) is 32.2 Å². The van der Waals surface area contributed by atoms with Crippen LogP contribution in [0.4, 0.5) is 0 Å². The molecule has 0 atom stereocenters. The van der Waals surface area contributed by atoms with Gasteiger partial charge in [0.25, 0.3) is 11.8 Å². The van der Waals surface area contributed by atoms with Crippen molar-refractivity contribution in [1.82, 2.24) is 25.2 Å². The summed E-state index contributed by atoms with van der Waals surface area (Å²) in [6.45, 7) is 7.63. The second-order valence-electron chi connectivity index (χ2n) is 6.37. The van der Waals surface area contributed by atoms with Gasteiger partial charge in [-0.05, 0) is 28.8 Å². The molecule has 0 spiro atoms. The van der Waals surface area contributed by atoms with Gasteiger partial charge in [0.05, 0.1) is 15.9 Å². The first-order valence-corrected chi connectivity index (χ1v) is 8.93. The molecule has 3 heterocycles. The van der Waals surface area contributed by atoms with E-state index < -0.39 is 0 Å². The zero-order valence-electron chi connectivity index (χ0n) is 14.4. The second kappa shape index (κ2) is 6.99. The van der Waals surface area contributed by atoms with E-state index in [0.29, 0.717) is 42.0 Å². The zero-order chi connectivity index (χ0) is 18.1. The number of carbonyl (C=O) groups is 2. The Balaban J connectivity index is 1.64. The molecular formula is C16H20BrN5O3. The Morgan fingerprint density at radius 2 is 1.80 bits per heavy atom. The first-order chi connectivity index (χ1) is 11.9. The van der Waals surface area contributed by atoms with Gasteiger partial charge < -0.3 is 14.3 Å². The molecule has 2 aromatic rings. The van der Waals surface area contributed by atoms with Crippen molar-refractivity contribution in [2.75, 3.05) is 26.2 Å². The molecule has 0 saturated carbocycles. The third kappa shape index (κ3) is 3.46. The van der Waals surface area contributed by atoms with Crippen LogP contribution in [0.5, 0.6) is 0 Å². The minimum absolute atomic E-state index is 0.141. The number of nitrogens with zero attached hydrogens (tertiary/aromatic N) is 4. The lowest BCUT2D eigenvalue weighted by molar-refractivity contribution is 0.0509. The third-order valence-electron chi connectivity index (χ3n) is 4.21. The van der Waals surface area contributed by atoms with Crippen molar-refractivity contribution in [3.05, 3.63) is 33.4 Å². The van der Waals surface area contributed by atoms with E-state index in [0.717, 1.165) is 5.69 Å². The van der Waals surface area contributed by atoms with Crippen molar-refractivity contribution < 1.29 is 14.1 Å². The van der Waals surface area contributed by atoms with E-state index in [2.05, 4.69) is 31.3 Å². The van der Waals surface area contributed by atoms with E-state index in [1.54, 1.807) is 22.8 Å². The number of hydrogen-bond acceptors (Lipinski definition) is 5. The molecule has 25 heavy (non-hydrogen) atoms. The van der Waals surface area contributed by atoms with Gasteiger partial charge >= 0.3 is 0 Å². The molecule has 9 heteroatoms. The number of carbonyl (C=O) groups excluding carboxylic acids is 2. The van der Waals surface area contributed by atoms with Crippen molar-refractivity contribution in [2.45, 2.75) is 26.7 Å². The molecule has 0 radical (unpaired) electrons. The Labute approximate surface area is 153 Å². The summed E-state index contributed by atoms with van der Waals surface area (Å²) in [6.07, 6.45) is 0. The number of hydrogen-bond donors (Lipinski definition) is 1. The maximum absolute atomic E-state index is 12.7. The fourth-order valence-electron chi connectivity index (χ4n) is 2.75. The summed E-state index contributed by atoms with van der Waals surface area (Å²) < 4.78 is 5.73. The molecular weight excluding hydrogens is 390 g/mol. The fraction of sp³-hybridized carbons (Fsp3) is 0.500. The van der Waals surface area contributed by atoms with Crippen molar-refractivity contribution >= 4 is 27.7 Å². The highest BCUT2D eigenvalue weighted by Crippen LogP contribution is 2.26. The topological polar surface area (TPSA) is 95.3 Å². The number of aromatic amines is 1. The van der Waals surface area contributed by atoms with Gasteiger partial charge in [0.2, 0.25) is 5.76 Å². The van der Waals surface area contributed by atoms with Crippen molar-refractivity contribution in [3.8, 4) is 0 Å². The van der Waals surface area contributed by atoms with Crippen LogP contribution in [0.3, 0.4) is 0 Å². The van der Waals surface area contributed by atoms with E-state index in [1.165, 1.54) is 0 Å². The van der Waals surface area contributed by atoms with Crippen molar-refractivity contribution in [1.29, 1.82) is 0 Å². The molecule has 8 nitrogen and oxygen atoms in total. The number of amides is 2. The van der Waals surface area contributed by atoms with Crippen LogP contribution in [0.15, 0.2) is 15.1 Å². The summed E-state index contributed by atoms with van der Waals surface area (Å²) in [5.74, 6) is 0.130. The highest BCUT2D eigenvalue weighted by atomic mass is 79.9. The van der Waals surface area contributed by atoms with Gasteiger partial charge in [0.15, 0.2) is 5.69 Å². The molecule has 1 N–H and O–H groups in total. The van der Waals surface area contributed by atoms with Crippen LogP contribution in [-0.2, 0) is 0 Å². The van der Waals surface area contributed by atoms with Crippen LogP contribution in [0.2, 0.25) is 0 Å². The molecule has 2 amide bonds. The lowest BCUT2D eigenvalue weighted by Gasteiger charge is -2.33. The summed E-state index contributed by atoms with van der Waals surface area (Å²) in [4.78, 5) is 28.4. The molecule has 134 valence electrons. The van der Waals surface area contributed by atoms with E-state index in [-0.39, 0.29) is 23.5 Å². The molecule has 1 saturated heterocycles. The first-order valence-electron chi connectivity index (χ1n) is 8.14. The monoisotopic (exact) mass is 409 g/mol. The normalized spacial score (nSPS) is 15.1. The van der Waals surface area contributed by atoms with Crippen LogP contribution in [0, 0.1) is 6.92 Å². The van der Waals surface area contributed by atoms with Crippen molar-refractivity contribution in [2.24, 2.45) is 0 Å². The molecule has 2 aromatic heterocycles. The van der Waals surface area contributed by atoms with Crippen LogP contribution >= 0.6 is 15.9 Å². The average Bonchev–Trinajstić information content (AvgIpc) is 3.19. The van der Waals surface area contributed by atoms with Crippen LogP contribution < -0.4 is 0 Å². The Bertz CT molecular complexity index is 790.